The number of hydrogen-bond donors (Lipinski definition) is 2. The topological polar surface area (TPSA) is 112 Å². The van der Waals surface area contributed by atoms with Crippen molar-refractivity contribution in [3.05, 3.63) is 82.7 Å². The molecule has 1 fully saturated rings. The van der Waals surface area contributed by atoms with E-state index in [1.807, 2.05) is 50.5 Å². The third kappa shape index (κ3) is 7.19. The molecule has 4 aromatic rings. The molecule has 1 aliphatic rings. The van der Waals surface area contributed by atoms with E-state index >= 15 is 0 Å². The lowest BCUT2D eigenvalue weighted by Crippen LogP contribution is -2.48. The molecule has 0 spiro atoms. The first-order valence-corrected chi connectivity index (χ1v) is 15.0. The van der Waals surface area contributed by atoms with Crippen LogP contribution in [-0.4, -0.2) is 75.2 Å². The number of methoxy groups -OCH3 is 1. The van der Waals surface area contributed by atoms with Gasteiger partial charge in [-0.05, 0) is 117 Å². The SMILES string of the molecule is COc1ccc(N(Cc2cnccc2C)C2CCN([C@H](C)CCNC(=O)c3c(C)cc(-c4nn[nH]n4)cc3C)CC2)cc1. The minimum Gasteiger partial charge on any atom is -0.497 e. The van der Waals surface area contributed by atoms with Gasteiger partial charge in [0.05, 0.1) is 7.11 Å². The molecule has 10 heteroatoms. The maximum atomic E-state index is 13.1. The predicted octanol–water partition coefficient (Wildman–Crippen LogP) is 4.88. The lowest BCUT2D eigenvalue weighted by molar-refractivity contribution is 0.0944. The highest BCUT2D eigenvalue weighted by Crippen LogP contribution is 2.29. The van der Waals surface area contributed by atoms with Crippen LogP contribution in [-0.2, 0) is 6.54 Å². The van der Waals surface area contributed by atoms with Gasteiger partial charge in [-0.25, -0.2) is 0 Å². The van der Waals surface area contributed by atoms with Crippen molar-refractivity contribution in [1.82, 2.24) is 35.8 Å². The van der Waals surface area contributed by atoms with Gasteiger partial charge in [0, 0.05) is 67.5 Å². The van der Waals surface area contributed by atoms with Gasteiger partial charge in [-0.2, -0.15) is 5.21 Å². The highest BCUT2D eigenvalue weighted by molar-refractivity contribution is 5.97. The number of ether oxygens (including phenoxy) is 1. The van der Waals surface area contributed by atoms with Crippen LogP contribution in [0.25, 0.3) is 11.4 Å². The Balaban J connectivity index is 1.16. The number of benzene rings is 2. The average Bonchev–Trinajstić information content (AvgIpc) is 3.56. The van der Waals surface area contributed by atoms with Crippen molar-refractivity contribution in [2.45, 2.75) is 65.6 Å². The van der Waals surface area contributed by atoms with Gasteiger partial charge in [0.2, 0.25) is 5.82 Å². The molecule has 0 bridgehead atoms. The number of nitrogens with zero attached hydrogens (tertiary/aromatic N) is 6. The highest BCUT2D eigenvalue weighted by Gasteiger charge is 2.28. The van der Waals surface area contributed by atoms with Crippen LogP contribution in [0.1, 0.15) is 58.8 Å². The normalized spacial score (nSPS) is 14.8. The Morgan fingerprint density at radius 2 is 1.81 bits per heavy atom. The average molecular weight is 583 g/mol. The van der Waals surface area contributed by atoms with E-state index in [-0.39, 0.29) is 5.91 Å². The minimum absolute atomic E-state index is 0.0404. The fourth-order valence-electron chi connectivity index (χ4n) is 6.09. The minimum atomic E-state index is -0.0404. The Kier molecular flexibility index (Phi) is 9.66. The van der Waals surface area contributed by atoms with Crippen LogP contribution in [0.5, 0.6) is 5.75 Å². The monoisotopic (exact) mass is 582 g/mol. The summed E-state index contributed by atoms with van der Waals surface area (Å²) in [6.45, 7) is 11.8. The number of amides is 1. The zero-order chi connectivity index (χ0) is 30.3. The molecule has 226 valence electrons. The Morgan fingerprint density at radius 3 is 2.44 bits per heavy atom. The molecular formula is C33H42N8O2. The fraction of sp³-hybridized carbons (Fsp3) is 0.424. The van der Waals surface area contributed by atoms with Gasteiger partial charge in [0.15, 0.2) is 0 Å². The van der Waals surface area contributed by atoms with Crippen molar-refractivity contribution in [1.29, 1.82) is 0 Å². The molecule has 43 heavy (non-hydrogen) atoms. The van der Waals surface area contributed by atoms with E-state index in [1.54, 1.807) is 7.11 Å². The summed E-state index contributed by atoms with van der Waals surface area (Å²) in [5.41, 5.74) is 7.07. The predicted molar refractivity (Wildman–Crippen MR) is 168 cm³/mol. The van der Waals surface area contributed by atoms with Crippen LogP contribution < -0.4 is 15.0 Å². The van der Waals surface area contributed by atoms with Crippen molar-refractivity contribution in [2.75, 3.05) is 31.6 Å². The number of aryl methyl sites for hydroxylation is 3. The third-order valence-electron chi connectivity index (χ3n) is 8.67. The summed E-state index contributed by atoms with van der Waals surface area (Å²) >= 11 is 0. The molecule has 0 aliphatic carbocycles. The molecular weight excluding hydrogens is 540 g/mol. The first kappa shape index (κ1) is 30.2. The molecule has 3 heterocycles. The molecule has 1 amide bonds. The van der Waals surface area contributed by atoms with E-state index in [0.717, 1.165) is 61.3 Å². The summed E-state index contributed by atoms with van der Waals surface area (Å²) in [4.78, 5) is 22.6. The number of rotatable bonds is 11. The molecule has 2 N–H and O–H groups in total. The lowest BCUT2D eigenvalue weighted by atomic mass is 9.98. The molecule has 1 aliphatic heterocycles. The Bertz CT molecular complexity index is 1470. The van der Waals surface area contributed by atoms with Crippen molar-refractivity contribution >= 4 is 11.6 Å². The van der Waals surface area contributed by atoms with Crippen LogP contribution >= 0.6 is 0 Å². The molecule has 0 unspecified atom stereocenters. The second-order valence-corrected chi connectivity index (χ2v) is 11.5. The van der Waals surface area contributed by atoms with Crippen LogP contribution in [0.3, 0.4) is 0 Å². The Morgan fingerprint density at radius 1 is 1.09 bits per heavy atom. The number of H-pyrrole nitrogens is 1. The molecule has 0 saturated carbocycles. The number of aromatic nitrogens is 5. The summed E-state index contributed by atoms with van der Waals surface area (Å²) in [7, 11) is 1.70. The van der Waals surface area contributed by atoms with E-state index in [1.165, 1.54) is 16.8 Å². The second kappa shape index (κ2) is 13.8. The van der Waals surface area contributed by atoms with Crippen LogP contribution in [0.4, 0.5) is 5.69 Å². The summed E-state index contributed by atoms with van der Waals surface area (Å²) in [6, 6.07) is 15.1. The number of aromatic amines is 1. The van der Waals surface area contributed by atoms with Gasteiger partial charge < -0.3 is 19.9 Å². The van der Waals surface area contributed by atoms with Crippen molar-refractivity contribution in [3.8, 4) is 17.1 Å². The summed E-state index contributed by atoms with van der Waals surface area (Å²) in [5, 5.41) is 17.4. The quantitative estimate of drug-likeness (QED) is 0.258. The molecule has 1 atom stereocenters. The number of anilines is 1. The molecule has 5 rings (SSSR count). The Labute approximate surface area is 253 Å². The van der Waals surface area contributed by atoms with Crippen molar-refractivity contribution in [3.63, 3.8) is 0 Å². The number of pyridine rings is 1. The maximum Gasteiger partial charge on any atom is 0.251 e. The van der Waals surface area contributed by atoms with Crippen molar-refractivity contribution < 1.29 is 9.53 Å². The van der Waals surface area contributed by atoms with E-state index in [2.05, 4.69) is 72.8 Å². The zero-order valence-corrected chi connectivity index (χ0v) is 25.8. The van der Waals surface area contributed by atoms with Gasteiger partial charge >= 0.3 is 0 Å². The smallest absolute Gasteiger partial charge is 0.251 e. The molecule has 2 aromatic carbocycles. The number of carbonyl (C=O) groups excluding carboxylic acids is 1. The number of piperidine rings is 1. The number of hydrogen-bond acceptors (Lipinski definition) is 8. The van der Waals surface area contributed by atoms with Crippen LogP contribution in [0.15, 0.2) is 54.9 Å². The van der Waals surface area contributed by atoms with E-state index in [9.17, 15) is 4.79 Å². The van der Waals surface area contributed by atoms with Gasteiger partial charge in [-0.1, -0.05) is 0 Å². The third-order valence-corrected chi connectivity index (χ3v) is 8.67. The van der Waals surface area contributed by atoms with Gasteiger partial charge in [-0.3, -0.25) is 9.78 Å². The number of tetrazole rings is 1. The molecule has 10 nitrogen and oxygen atoms in total. The van der Waals surface area contributed by atoms with Crippen LogP contribution in [0, 0.1) is 20.8 Å². The summed E-state index contributed by atoms with van der Waals surface area (Å²) < 4.78 is 5.41. The molecule has 0 radical (unpaired) electrons. The van der Waals surface area contributed by atoms with Crippen LogP contribution in [0.2, 0.25) is 0 Å². The first-order valence-electron chi connectivity index (χ1n) is 15.0. The zero-order valence-electron chi connectivity index (χ0n) is 25.8. The lowest BCUT2D eigenvalue weighted by Gasteiger charge is -2.42. The van der Waals surface area contributed by atoms with Gasteiger partial charge in [-0.15, -0.1) is 10.2 Å². The molecule has 1 saturated heterocycles. The second-order valence-electron chi connectivity index (χ2n) is 11.5. The largest absolute Gasteiger partial charge is 0.497 e. The summed E-state index contributed by atoms with van der Waals surface area (Å²) in [6.07, 6.45) is 6.89. The maximum absolute atomic E-state index is 13.1. The summed E-state index contributed by atoms with van der Waals surface area (Å²) in [5.74, 6) is 1.35. The van der Waals surface area contributed by atoms with E-state index in [4.69, 9.17) is 4.74 Å². The Hall–Kier alpha value is -4.31. The number of likely N-dealkylation sites (tertiary alicyclic amines) is 1. The first-order chi connectivity index (χ1) is 20.8. The van der Waals surface area contributed by atoms with E-state index in [0.29, 0.717) is 30.0 Å². The number of nitrogens with one attached hydrogen (secondary N) is 2. The number of carbonyl (C=O) groups is 1. The fourth-order valence-corrected chi connectivity index (χ4v) is 6.09. The standard InChI is InChI=1S/C33H42N8O2/c1-22-10-14-34-20-27(22)21-41(28-6-8-30(43-5)9-7-28)29-12-16-40(17-13-29)25(4)11-15-35-33(42)31-23(2)18-26(19-24(31)3)32-36-38-39-37-32/h6-10,14,18-20,25,29H,11-13,15-17,21H2,1-5H3,(H,35,42)(H,36,37,38,39)/t25-/m1/s1. The van der Waals surface area contributed by atoms with Crippen molar-refractivity contribution in [2.24, 2.45) is 0 Å². The highest BCUT2D eigenvalue weighted by atomic mass is 16.5. The van der Waals surface area contributed by atoms with Gasteiger partial charge in [0.25, 0.3) is 5.91 Å². The van der Waals surface area contributed by atoms with E-state index < -0.39 is 0 Å². The van der Waals surface area contributed by atoms with Gasteiger partial charge in [0.1, 0.15) is 5.75 Å². The molecule has 2 aromatic heterocycles.